The average molecular weight is 513 g/mol. The zero-order valence-electron chi connectivity index (χ0n) is 19.7. The second kappa shape index (κ2) is 11.3. The van der Waals surface area contributed by atoms with Crippen LogP contribution in [0.1, 0.15) is 11.1 Å². The van der Waals surface area contributed by atoms with Crippen molar-refractivity contribution < 1.29 is 27.6 Å². The number of anilines is 1. The third-order valence-electron chi connectivity index (χ3n) is 5.06. The number of non-ortho nitro benzene ring substituents is 1. The molecule has 1 amide bonds. The lowest BCUT2D eigenvalue weighted by Gasteiger charge is -2.24. The summed E-state index contributed by atoms with van der Waals surface area (Å²) in [7, 11) is -1.27. The van der Waals surface area contributed by atoms with E-state index in [1.54, 1.807) is 12.1 Å². The number of nitro benzene ring substituents is 1. The Balaban J connectivity index is 1.87. The van der Waals surface area contributed by atoms with E-state index in [1.165, 1.54) is 75.0 Å². The molecule has 0 aliphatic rings. The lowest BCUT2D eigenvalue weighted by Crippen LogP contribution is -2.39. The van der Waals surface area contributed by atoms with E-state index >= 15 is 0 Å². The van der Waals surface area contributed by atoms with Gasteiger partial charge in [0.05, 0.1) is 35.9 Å². The lowest BCUT2D eigenvalue weighted by atomic mass is 10.2. The van der Waals surface area contributed by atoms with Crippen molar-refractivity contribution in [3.63, 3.8) is 0 Å². The molecule has 0 atom stereocenters. The van der Waals surface area contributed by atoms with E-state index in [1.807, 2.05) is 6.92 Å². The Morgan fingerprint density at radius 3 is 2.25 bits per heavy atom. The lowest BCUT2D eigenvalue weighted by molar-refractivity contribution is -0.384. The molecular weight excluding hydrogens is 488 g/mol. The molecule has 1 N–H and O–H groups in total. The van der Waals surface area contributed by atoms with Crippen LogP contribution in [0.4, 0.5) is 11.4 Å². The number of amides is 1. The topological polar surface area (TPSA) is 140 Å². The van der Waals surface area contributed by atoms with Crippen LogP contribution in [0.25, 0.3) is 0 Å². The van der Waals surface area contributed by atoms with Crippen molar-refractivity contribution in [2.75, 3.05) is 25.1 Å². The normalized spacial score (nSPS) is 11.2. The zero-order valence-corrected chi connectivity index (χ0v) is 20.6. The maximum absolute atomic E-state index is 13.5. The molecule has 0 radical (unpaired) electrons. The minimum Gasteiger partial charge on any atom is -0.493 e. The second-order valence-electron chi connectivity index (χ2n) is 7.51. The highest BCUT2D eigenvalue weighted by Crippen LogP contribution is 2.33. The first-order valence-corrected chi connectivity index (χ1v) is 12.0. The second-order valence-corrected chi connectivity index (χ2v) is 9.37. The van der Waals surface area contributed by atoms with Crippen LogP contribution in [0.2, 0.25) is 0 Å². The molecule has 36 heavy (non-hydrogen) atoms. The summed E-state index contributed by atoms with van der Waals surface area (Å²) in [5.74, 6) is -0.0274. The summed E-state index contributed by atoms with van der Waals surface area (Å²) < 4.78 is 38.4. The molecule has 0 aliphatic heterocycles. The molecule has 3 rings (SSSR count). The summed E-state index contributed by atoms with van der Waals surface area (Å²) in [6.45, 7) is 1.25. The Kier molecular flexibility index (Phi) is 8.22. The van der Waals surface area contributed by atoms with Gasteiger partial charge in [0.1, 0.15) is 6.54 Å². The number of carbonyl (C=O) groups is 1. The predicted octanol–water partition coefficient (Wildman–Crippen LogP) is 3.27. The zero-order chi connectivity index (χ0) is 26.3. The molecule has 188 valence electrons. The molecule has 12 heteroatoms. The predicted molar refractivity (Wildman–Crippen MR) is 134 cm³/mol. The highest BCUT2D eigenvalue weighted by Gasteiger charge is 2.28. The molecule has 0 fully saturated rings. The highest BCUT2D eigenvalue weighted by molar-refractivity contribution is 7.92. The SMILES string of the molecule is COc1ccc(N(CC(=O)N/N=C\c2ccc([N+](=O)[O-])cc2)S(=O)(=O)c2ccc(C)cc2)cc1OC. The fourth-order valence-corrected chi connectivity index (χ4v) is 4.57. The Hall–Kier alpha value is -4.45. The monoisotopic (exact) mass is 512 g/mol. The fourth-order valence-electron chi connectivity index (χ4n) is 3.16. The van der Waals surface area contributed by atoms with Crippen molar-refractivity contribution in [1.29, 1.82) is 0 Å². The molecule has 0 spiro atoms. The van der Waals surface area contributed by atoms with Gasteiger partial charge in [-0.25, -0.2) is 13.8 Å². The first kappa shape index (κ1) is 26.2. The fraction of sp³-hybridized carbons (Fsp3) is 0.167. The number of nitrogens with one attached hydrogen (secondary N) is 1. The van der Waals surface area contributed by atoms with Crippen LogP contribution in [-0.2, 0) is 14.8 Å². The largest absolute Gasteiger partial charge is 0.493 e. The summed E-state index contributed by atoms with van der Waals surface area (Å²) in [6.07, 6.45) is 1.29. The first-order valence-electron chi connectivity index (χ1n) is 10.5. The van der Waals surface area contributed by atoms with Crippen molar-refractivity contribution >= 4 is 33.5 Å². The van der Waals surface area contributed by atoms with Crippen LogP contribution >= 0.6 is 0 Å². The third kappa shape index (κ3) is 6.16. The number of carbonyl (C=O) groups excluding carboxylic acids is 1. The van der Waals surface area contributed by atoms with Crippen LogP contribution < -0.4 is 19.2 Å². The number of aryl methyl sites for hydroxylation is 1. The standard InChI is InChI=1S/C24H24N4O7S/c1-17-4-11-21(12-5-17)36(32,33)27(20-10-13-22(34-2)23(14-20)35-3)16-24(29)26-25-15-18-6-8-19(9-7-18)28(30)31/h4-15H,16H2,1-3H3,(H,26,29)/b25-15-. The van der Waals surface area contributed by atoms with E-state index in [2.05, 4.69) is 10.5 Å². The molecule has 3 aromatic rings. The maximum atomic E-state index is 13.5. The quantitative estimate of drug-likeness (QED) is 0.250. The van der Waals surface area contributed by atoms with Crippen molar-refractivity contribution in [2.45, 2.75) is 11.8 Å². The van der Waals surface area contributed by atoms with E-state index in [0.717, 1.165) is 9.87 Å². The van der Waals surface area contributed by atoms with E-state index < -0.39 is 27.4 Å². The number of hydrogen-bond donors (Lipinski definition) is 1. The van der Waals surface area contributed by atoms with Crippen LogP contribution in [0.5, 0.6) is 11.5 Å². The number of rotatable bonds is 10. The summed E-state index contributed by atoms with van der Waals surface area (Å²) >= 11 is 0. The Bertz CT molecular complexity index is 1370. The number of hydrogen-bond acceptors (Lipinski definition) is 8. The summed E-state index contributed by atoms with van der Waals surface area (Å²) in [5, 5.41) is 14.6. The summed E-state index contributed by atoms with van der Waals surface area (Å²) in [4.78, 5) is 22.9. The molecule has 0 aromatic heterocycles. The van der Waals surface area contributed by atoms with Crippen LogP contribution in [0.15, 0.2) is 76.7 Å². The molecule has 0 saturated carbocycles. The molecule has 11 nitrogen and oxygen atoms in total. The maximum Gasteiger partial charge on any atom is 0.269 e. The van der Waals surface area contributed by atoms with Gasteiger partial charge in [-0.05, 0) is 48.9 Å². The van der Waals surface area contributed by atoms with E-state index in [-0.39, 0.29) is 22.0 Å². The average Bonchev–Trinajstić information content (AvgIpc) is 2.87. The molecule has 0 aliphatic carbocycles. The molecule has 0 saturated heterocycles. The molecule has 0 heterocycles. The summed E-state index contributed by atoms with van der Waals surface area (Å²) in [6, 6.07) is 16.3. The molecular formula is C24H24N4O7S. The van der Waals surface area contributed by atoms with Crippen LogP contribution in [0.3, 0.4) is 0 Å². The van der Waals surface area contributed by atoms with Gasteiger partial charge in [-0.1, -0.05) is 17.7 Å². The van der Waals surface area contributed by atoms with Gasteiger partial charge in [0.15, 0.2) is 11.5 Å². The molecule has 0 unspecified atom stereocenters. The molecule has 0 bridgehead atoms. The van der Waals surface area contributed by atoms with Gasteiger partial charge in [-0.15, -0.1) is 0 Å². The van der Waals surface area contributed by atoms with Crippen LogP contribution in [-0.4, -0.2) is 46.2 Å². The van der Waals surface area contributed by atoms with Gasteiger partial charge in [0.25, 0.3) is 21.6 Å². The Labute approximate surface area is 208 Å². The van der Waals surface area contributed by atoms with Crippen molar-refractivity contribution in [3.8, 4) is 11.5 Å². The van der Waals surface area contributed by atoms with Gasteiger partial charge in [0.2, 0.25) is 0 Å². The van der Waals surface area contributed by atoms with E-state index in [9.17, 15) is 23.3 Å². The number of nitro groups is 1. The Morgan fingerprint density at radius 1 is 1.03 bits per heavy atom. The number of benzene rings is 3. The minimum atomic E-state index is -4.14. The number of ether oxygens (including phenoxy) is 2. The highest BCUT2D eigenvalue weighted by atomic mass is 32.2. The van der Waals surface area contributed by atoms with Gasteiger partial charge in [0, 0.05) is 18.2 Å². The van der Waals surface area contributed by atoms with Crippen molar-refractivity contribution in [2.24, 2.45) is 5.10 Å². The van der Waals surface area contributed by atoms with Crippen LogP contribution in [0, 0.1) is 17.0 Å². The number of sulfonamides is 1. The van der Waals surface area contributed by atoms with E-state index in [4.69, 9.17) is 9.47 Å². The van der Waals surface area contributed by atoms with Crippen molar-refractivity contribution in [3.05, 3.63) is 88.0 Å². The first-order chi connectivity index (χ1) is 17.1. The number of hydrazone groups is 1. The Morgan fingerprint density at radius 2 is 1.67 bits per heavy atom. The van der Waals surface area contributed by atoms with E-state index in [0.29, 0.717) is 11.3 Å². The minimum absolute atomic E-state index is 0.00469. The number of methoxy groups -OCH3 is 2. The third-order valence-corrected chi connectivity index (χ3v) is 6.85. The molecule has 3 aromatic carbocycles. The number of nitrogens with zero attached hydrogens (tertiary/aromatic N) is 3. The van der Waals surface area contributed by atoms with Gasteiger partial charge < -0.3 is 9.47 Å². The van der Waals surface area contributed by atoms with Gasteiger partial charge >= 0.3 is 0 Å². The summed E-state index contributed by atoms with van der Waals surface area (Å²) in [5.41, 5.74) is 3.77. The van der Waals surface area contributed by atoms with Gasteiger partial charge in [-0.3, -0.25) is 19.2 Å². The smallest absolute Gasteiger partial charge is 0.269 e. The van der Waals surface area contributed by atoms with Crippen molar-refractivity contribution in [1.82, 2.24) is 5.43 Å². The van der Waals surface area contributed by atoms with Gasteiger partial charge in [-0.2, -0.15) is 5.10 Å².